The average molecular weight is 1730 g/mol. The highest BCUT2D eigenvalue weighted by molar-refractivity contribution is 6.11. The van der Waals surface area contributed by atoms with Gasteiger partial charge in [0.15, 0.2) is 153 Å². The number of aliphatic hydroxyl groups excluding tert-OH is 5. The van der Waals surface area contributed by atoms with Gasteiger partial charge in [-0.05, 0) is 36.4 Å². The van der Waals surface area contributed by atoms with Crippen LogP contribution in [0.5, 0.6) is 149 Å². The van der Waals surface area contributed by atoms with E-state index < -0.39 is 376 Å². The second-order valence-electron chi connectivity index (χ2n) is 27.2. The minimum Gasteiger partial charge on any atom is -0.504 e. The van der Waals surface area contributed by atoms with Crippen molar-refractivity contribution in [2.45, 2.75) is 92.1 Å². The number of esters is 8. The van der Waals surface area contributed by atoms with Crippen LogP contribution in [0.3, 0.4) is 0 Å². The van der Waals surface area contributed by atoms with Gasteiger partial charge in [0.25, 0.3) is 0 Å². The van der Waals surface area contributed by atoms with Crippen molar-refractivity contribution < 1.29 is 243 Å². The molecule has 15 atom stereocenters. The largest absolute Gasteiger partial charge is 0.504 e. The van der Waals surface area contributed by atoms with Gasteiger partial charge in [-0.3, -0.25) is 0 Å². The summed E-state index contributed by atoms with van der Waals surface area (Å²) in [6, 6.07) is 2.59. The average Bonchev–Trinajstić information content (AvgIpc) is 1.73. The molecule has 648 valence electrons. The maximum Gasteiger partial charge on any atom is 0.342 e. The van der Waals surface area contributed by atoms with Gasteiger partial charge in [0, 0.05) is 46.5 Å². The minimum absolute atomic E-state index is 0.0933. The van der Waals surface area contributed by atoms with Gasteiger partial charge >= 0.3 is 47.8 Å². The molecule has 0 amide bonds. The van der Waals surface area contributed by atoms with Crippen LogP contribution in [-0.4, -0.2) is 298 Å². The van der Waals surface area contributed by atoms with Crippen LogP contribution in [0.4, 0.5) is 0 Å². The highest BCUT2D eigenvalue weighted by atomic mass is 16.8. The van der Waals surface area contributed by atoms with Gasteiger partial charge in [0.1, 0.15) is 61.0 Å². The smallest absolute Gasteiger partial charge is 0.342 e. The van der Waals surface area contributed by atoms with E-state index in [-0.39, 0.29) is 36.4 Å². The highest BCUT2D eigenvalue weighted by Gasteiger charge is 2.59. The Labute approximate surface area is 677 Å². The molecule has 49 nitrogen and oxygen atoms in total. The second kappa shape index (κ2) is 31.3. The summed E-state index contributed by atoms with van der Waals surface area (Å²) in [7, 11) is 0. The molecule has 7 aliphatic heterocycles. The van der Waals surface area contributed by atoms with E-state index >= 15 is 24.0 Å². The number of rotatable bonds is 7. The predicted octanol–water partition coefficient (Wildman–Crippen LogP) is -0.00560. The number of hydrogen-bond donors (Lipinski definition) is 27. The predicted molar refractivity (Wildman–Crippen MR) is 376 cm³/mol. The van der Waals surface area contributed by atoms with E-state index in [1.165, 1.54) is 0 Å². The summed E-state index contributed by atoms with van der Waals surface area (Å²) < 4.78 is 80.6. The Morgan fingerprint density at radius 2 is 0.650 bits per heavy atom. The summed E-state index contributed by atoms with van der Waals surface area (Å²) in [5, 5.41) is 304. The number of phenols is 22. The first-order chi connectivity index (χ1) is 58.0. The van der Waals surface area contributed by atoms with E-state index in [0.29, 0.717) is 24.3 Å². The minimum atomic E-state index is -3.08. The van der Waals surface area contributed by atoms with Crippen LogP contribution in [0.2, 0.25) is 0 Å². The molecule has 0 saturated carbocycles. The van der Waals surface area contributed by atoms with Crippen molar-refractivity contribution in [3.05, 3.63) is 105 Å². The molecule has 3 fully saturated rings. The van der Waals surface area contributed by atoms with Crippen LogP contribution in [0.1, 0.15) is 82.9 Å². The molecule has 7 heterocycles. The topological polar surface area (TPSA) is 812 Å². The second-order valence-corrected chi connectivity index (χ2v) is 27.2. The maximum absolute atomic E-state index is 15.7. The molecule has 8 aromatic rings. The molecular weight excluding hydrogens is 1670 g/mol. The normalized spacial score (nSPS) is 24.4. The lowest BCUT2D eigenvalue weighted by Crippen LogP contribution is -2.65. The Morgan fingerprint density at radius 1 is 0.325 bits per heavy atom. The Bertz CT molecular complexity index is 5790. The van der Waals surface area contributed by atoms with Crippen LogP contribution in [0.15, 0.2) is 60.7 Å². The summed E-state index contributed by atoms with van der Waals surface area (Å²) in [6.45, 7) is -4.43. The van der Waals surface area contributed by atoms with Gasteiger partial charge in [0.2, 0.25) is 52.3 Å². The molecule has 0 aliphatic carbocycles. The number of carbonyl (C=O) groups is 8. The molecule has 15 unspecified atom stereocenters. The summed E-state index contributed by atoms with van der Waals surface area (Å²) in [5.41, 5.74) is -16.7. The van der Waals surface area contributed by atoms with Crippen molar-refractivity contribution in [1.82, 2.24) is 0 Å². The molecule has 0 aromatic heterocycles. The number of ether oxygens (including phenoxy) is 14. The monoisotopic (exact) mass is 1730 g/mol. The molecule has 9 bridgehead atoms. The zero-order valence-electron chi connectivity index (χ0n) is 60.6. The Kier molecular flexibility index (Phi) is 21.3. The summed E-state index contributed by atoms with van der Waals surface area (Å²) in [6.07, 6.45) is -40.6. The fourth-order valence-corrected chi connectivity index (χ4v) is 13.7. The van der Waals surface area contributed by atoms with E-state index in [1.54, 1.807) is 0 Å². The first kappa shape index (κ1) is 83.8. The Morgan fingerprint density at radius 3 is 1.07 bits per heavy atom. The summed E-state index contributed by atoms with van der Waals surface area (Å²) in [4.78, 5) is 121. The van der Waals surface area contributed by atoms with Crippen molar-refractivity contribution in [3.63, 3.8) is 0 Å². The third kappa shape index (κ3) is 14.3. The number of benzene rings is 8. The van der Waals surface area contributed by atoms with Gasteiger partial charge in [-0.15, -0.1) is 0 Å². The zero-order valence-corrected chi connectivity index (χ0v) is 60.6. The highest BCUT2D eigenvalue weighted by Crippen LogP contribution is 2.59. The van der Waals surface area contributed by atoms with Crippen molar-refractivity contribution in [1.29, 1.82) is 0 Å². The first-order valence-corrected chi connectivity index (χ1v) is 34.7. The van der Waals surface area contributed by atoms with Gasteiger partial charge in [-0.25, -0.2) is 38.4 Å². The number of carbonyl (C=O) groups excluding carboxylic acids is 8. The van der Waals surface area contributed by atoms with E-state index in [4.69, 9.17) is 66.3 Å². The van der Waals surface area contributed by atoms with E-state index in [2.05, 4.69) is 0 Å². The summed E-state index contributed by atoms with van der Waals surface area (Å²) >= 11 is 0. The standard InChI is InChI=1S/C74H58O49/c75-11-32-47(92)52(97)55(100)73(115-32)123-74-63-61(120-65(102)15-3-24(78)40(85)25(79)4-15)59-34(116-74)13-111-67(104)18-9-30(45(90)50(95)37(18)36-17(68(105)118-59)6-27(81)42(87)49(36)94)112-56-20(7-28(82)43(88)53(56)98)70(107)121-62-60(119-64(101)14-1-22(76)39(84)23(77)2-14)58-33(114-72(62)109)12-110-66(103)16-5-26(80)41(86)48(93)35(16)38-19(69(106)117-58)10-31(46(91)51(38)96)113-57-21(71(108)122-63)8-29(83)44(89)54(57)99/h1-10,32-34,47,52,55,58-63,72-100,109H,11-13H2. The first-order valence-electron chi connectivity index (χ1n) is 34.7. The van der Waals surface area contributed by atoms with E-state index in [9.17, 15) is 152 Å². The number of phenolic OH excluding ortho intramolecular Hbond substituents is 22. The molecule has 123 heavy (non-hydrogen) atoms. The molecule has 3 saturated heterocycles. The molecule has 0 spiro atoms. The Hall–Kier alpha value is -15.6. The lowest BCUT2D eigenvalue weighted by atomic mass is 9.91. The molecule has 7 aliphatic rings. The van der Waals surface area contributed by atoms with Gasteiger partial charge in [0.05, 0.1) is 40.0 Å². The van der Waals surface area contributed by atoms with E-state index in [1.807, 2.05) is 0 Å². The van der Waals surface area contributed by atoms with Crippen molar-refractivity contribution in [3.8, 4) is 172 Å². The fourth-order valence-electron chi connectivity index (χ4n) is 13.7. The molecule has 15 rings (SSSR count). The lowest BCUT2D eigenvalue weighted by molar-refractivity contribution is -0.374. The van der Waals surface area contributed by atoms with Crippen LogP contribution in [0.25, 0.3) is 22.3 Å². The Balaban J connectivity index is 1.05. The van der Waals surface area contributed by atoms with Gasteiger partial charge in [-0.2, -0.15) is 0 Å². The number of aliphatic hydroxyl groups is 5. The zero-order chi connectivity index (χ0) is 89.3. The molecular formula is C74H58O49. The van der Waals surface area contributed by atoms with Crippen LogP contribution in [0, 0.1) is 0 Å². The van der Waals surface area contributed by atoms with Crippen molar-refractivity contribution in [2.75, 3.05) is 19.8 Å². The quantitative estimate of drug-likeness (QED) is 0.0567. The van der Waals surface area contributed by atoms with Crippen LogP contribution < -0.4 is 9.47 Å². The SMILES string of the molecule is O=C(OC1C2OC(=O)c3cc(O)c(O)c(O)c3Oc3cc4c(c(O)c3O)-c3c(cc(O)c(O)c3O)C(=O)OC3C(COC4=O)OC(OC4OC(CO)C(O)C(O)C4O)C(OC(=O)c4cc(O)c(O)c(O)c4Oc4cc5c(c(O)c4O)-c4c(cc(O)c(O)c4O)C(=O)OCC(OC2O)C1OC5=O)C3OC(=O)c1cc(O)c(O)c(O)c1)c1cc(O)c(O)c(O)c1. The molecule has 27 N–H and O–H groups in total. The molecule has 8 aromatic carbocycles. The number of cyclic esters (lactones) is 1. The van der Waals surface area contributed by atoms with Crippen LogP contribution >= 0.6 is 0 Å². The number of hydrogen-bond acceptors (Lipinski definition) is 49. The van der Waals surface area contributed by atoms with E-state index in [0.717, 1.165) is 0 Å². The molecule has 0 radical (unpaired) electrons. The number of aromatic hydroxyl groups is 22. The van der Waals surface area contributed by atoms with Gasteiger partial charge in [-0.1, -0.05) is 0 Å². The molecule has 49 heteroatoms. The number of fused-ring (bicyclic) bond motifs is 7. The van der Waals surface area contributed by atoms with Gasteiger partial charge < -0.3 is 204 Å². The van der Waals surface area contributed by atoms with Crippen molar-refractivity contribution in [2.24, 2.45) is 0 Å². The third-order valence-electron chi connectivity index (χ3n) is 19.8. The third-order valence-corrected chi connectivity index (χ3v) is 19.8. The summed E-state index contributed by atoms with van der Waals surface area (Å²) in [5.74, 6) is -58.6. The maximum atomic E-state index is 15.7. The van der Waals surface area contributed by atoms with Crippen molar-refractivity contribution >= 4 is 47.8 Å². The lowest BCUT2D eigenvalue weighted by Gasteiger charge is -2.46. The fraction of sp³-hybridized carbons (Fsp3) is 0.243. The van der Waals surface area contributed by atoms with Crippen LogP contribution in [-0.2, 0) is 56.8 Å².